The maximum Gasteiger partial charge on any atom is 0.220 e. The number of halogens is 1. The number of benzene rings is 1. The highest BCUT2D eigenvalue weighted by Gasteiger charge is 2.01. The van der Waals surface area contributed by atoms with Gasteiger partial charge in [-0.2, -0.15) is 0 Å². The van der Waals surface area contributed by atoms with Crippen LogP contribution in [0.1, 0.15) is 12.8 Å². The molecule has 4 nitrogen and oxygen atoms in total. The molecule has 0 saturated carbocycles. The number of carbonyl (C=O) groups excluding carboxylic acids is 1. The lowest BCUT2D eigenvalue weighted by Crippen LogP contribution is -2.27. The Morgan fingerprint density at radius 3 is 2.89 bits per heavy atom. The van der Waals surface area contributed by atoms with Crippen LogP contribution in [-0.4, -0.2) is 39.0 Å². The molecule has 1 aromatic rings. The number of anilines is 1. The summed E-state index contributed by atoms with van der Waals surface area (Å²) in [5, 5.41) is 2.79. The third-order valence-corrected chi connectivity index (χ3v) is 2.83. The molecule has 0 aliphatic carbocycles. The van der Waals surface area contributed by atoms with Crippen LogP contribution in [0.15, 0.2) is 24.3 Å². The van der Waals surface area contributed by atoms with E-state index in [9.17, 15) is 4.79 Å². The number of alkyl halides is 1. The summed E-state index contributed by atoms with van der Waals surface area (Å²) in [6, 6.07) is 7.84. The van der Waals surface area contributed by atoms with Gasteiger partial charge in [0.15, 0.2) is 0 Å². The van der Waals surface area contributed by atoms with Crippen LogP contribution < -0.4 is 15.0 Å². The fourth-order valence-corrected chi connectivity index (χ4v) is 1.66. The van der Waals surface area contributed by atoms with E-state index in [1.54, 1.807) is 0 Å². The van der Waals surface area contributed by atoms with Crippen molar-refractivity contribution in [2.24, 2.45) is 0 Å². The van der Waals surface area contributed by atoms with Crippen molar-refractivity contribution in [1.82, 2.24) is 5.32 Å². The molecular formula is C14H21ClN2O2. The zero-order chi connectivity index (χ0) is 14.1. The average molecular weight is 285 g/mol. The van der Waals surface area contributed by atoms with Crippen LogP contribution in [-0.2, 0) is 4.79 Å². The molecule has 5 heteroatoms. The minimum absolute atomic E-state index is 0.0197. The van der Waals surface area contributed by atoms with Crippen LogP contribution in [0, 0.1) is 0 Å². The van der Waals surface area contributed by atoms with Gasteiger partial charge in [0.2, 0.25) is 5.91 Å². The predicted octanol–water partition coefficient (Wildman–Crippen LogP) is 2.27. The van der Waals surface area contributed by atoms with Crippen molar-refractivity contribution < 1.29 is 9.53 Å². The van der Waals surface area contributed by atoms with E-state index >= 15 is 0 Å². The third-order valence-electron chi connectivity index (χ3n) is 2.56. The van der Waals surface area contributed by atoms with Gasteiger partial charge < -0.3 is 15.0 Å². The highest BCUT2D eigenvalue weighted by atomic mass is 35.5. The van der Waals surface area contributed by atoms with Crippen LogP contribution >= 0.6 is 11.6 Å². The van der Waals surface area contributed by atoms with Crippen LogP contribution in [0.4, 0.5) is 5.69 Å². The molecule has 0 aromatic heterocycles. The molecule has 0 bridgehead atoms. The SMILES string of the molecule is CN(C)c1cccc(OCCNC(=O)CCCCl)c1. The van der Waals surface area contributed by atoms with Gasteiger partial charge in [0.1, 0.15) is 12.4 Å². The van der Waals surface area contributed by atoms with Crippen LogP contribution in [0.2, 0.25) is 0 Å². The van der Waals surface area contributed by atoms with Gasteiger partial charge in [-0.3, -0.25) is 4.79 Å². The zero-order valence-corrected chi connectivity index (χ0v) is 12.2. The van der Waals surface area contributed by atoms with E-state index in [1.807, 2.05) is 43.3 Å². The minimum atomic E-state index is 0.0197. The Morgan fingerprint density at radius 2 is 2.21 bits per heavy atom. The number of nitrogens with one attached hydrogen (secondary N) is 1. The van der Waals surface area contributed by atoms with Crippen molar-refractivity contribution in [2.75, 3.05) is 38.0 Å². The molecule has 0 fully saturated rings. The lowest BCUT2D eigenvalue weighted by Gasteiger charge is -2.14. The minimum Gasteiger partial charge on any atom is -0.492 e. The molecule has 1 amide bonds. The fourth-order valence-electron chi connectivity index (χ4n) is 1.53. The highest BCUT2D eigenvalue weighted by molar-refractivity contribution is 6.17. The van der Waals surface area contributed by atoms with E-state index < -0.39 is 0 Å². The van der Waals surface area contributed by atoms with E-state index in [4.69, 9.17) is 16.3 Å². The van der Waals surface area contributed by atoms with Crippen molar-refractivity contribution >= 4 is 23.2 Å². The quantitative estimate of drug-likeness (QED) is 0.588. The molecular weight excluding hydrogens is 264 g/mol. The van der Waals surface area contributed by atoms with Gasteiger partial charge >= 0.3 is 0 Å². The molecule has 0 aliphatic heterocycles. The molecule has 0 saturated heterocycles. The average Bonchev–Trinajstić information content (AvgIpc) is 2.41. The molecule has 1 N–H and O–H groups in total. The standard InChI is InChI=1S/C14H21ClN2O2/c1-17(2)12-5-3-6-13(11-12)19-10-9-16-14(18)7-4-8-15/h3,5-6,11H,4,7-10H2,1-2H3,(H,16,18). The predicted molar refractivity (Wildman–Crippen MR) is 79.2 cm³/mol. The Morgan fingerprint density at radius 1 is 1.42 bits per heavy atom. The topological polar surface area (TPSA) is 41.6 Å². The van der Waals surface area contributed by atoms with Crippen molar-refractivity contribution in [1.29, 1.82) is 0 Å². The van der Waals surface area contributed by atoms with Gasteiger partial charge in [0, 0.05) is 38.1 Å². The zero-order valence-electron chi connectivity index (χ0n) is 11.5. The monoisotopic (exact) mass is 284 g/mol. The number of hydrogen-bond donors (Lipinski definition) is 1. The Kier molecular flexibility index (Phi) is 7.11. The first-order valence-electron chi connectivity index (χ1n) is 6.36. The van der Waals surface area contributed by atoms with E-state index in [-0.39, 0.29) is 5.91 Å². The second-order valence-corrected chi connectivity index (χ2v) is 4.76. The molecule has 106 valence electrons. The smallest absolute Gasteiger partial charge is 0.220 e. The van der Waals surface area contributed by atoms with Gasteiger partial charge in [-0.05, 0) is 18.6 Å². The maximum atomic E-state index is 11.3. The summed E-state index contributed by atoms with van der Waals surface area (Å²) in [7, 11) is 3.96. The second-order valence-electron chi connectivity index (χ2n) is 4.38. The molecule has 1 aromatic carbocycles. The van der Waals surface area contributed by atoms with Gasteiger partial charge in [0.25, 0.3) is 0 Å². The first-order valence-corrected chi connectivity index (χ1v) is 6.90. The first kappa shape index (κ1) is 15.6. The number of ether oxygens (including phenoxy) is 1. The van der Waals surface area contributed by atoms with Crippen LogP contribution in [0.5, 0.6) is 5.75 Å². The van der Waals surface area contributed by atoms with E-state index in [0.29, 0.717) is 31.9 Å². The Hall–Kier alpha value is -1.42. The van der Waals surface area contributed by atoms with Crippen molar-refractivity contribution in [3.05, 3.63) is 24.3 Å². The normalized spacial score (nSPS) is 10.1. The van der Waals surface area contributed by atoms with E-state index in [0.717, 1.165) is 11.4 Å². The van der Waals surface area contributed by atoms with Crippen molar-refractivity contribution in [3.63, 3.8) is 0 Å². The van der Waals surface area contributed by atoms with Gasteiger partial charge in [-0.15, -0.1) is 11.6 Å². The summed E-state index contributed by atoms with van der Waals surface area (Å²) >= 11 is 5.52. The summed E-state index contributed by atoms with van der Waals surface area (Å²) in [6.07, 6.45) is 1.18. The van der Waals surface area contributed by atoms with Gasteiger partial charge in [0.05, 0.1) is 6.54 Å². The maximum absolute atomic E-state index is 11.3. The highest BCUT2D eigenvalue weighted by Crippen LogP contribution is 2.18. The van der Waals surface area contributed by atoms with Gasteiger partial charge in [-0.1, -0.05) is 6.07 Å². The molecule has 0 atom stereocenters. The number of carbonyl (C=O) groups is 1. The number of amides is 1. The van der Waals surface area contributed by atoms with Crippen molar-refractivity contribution in [2.45, 2.75) is 12.8 Å². The lowest BCUT2D eigenvalue weighted by atomic mass is 10.3. The molecule has 0 heterocycles. The van der Waals surface area contributed by atoms with E-state index in [1.165, 1.54) is 0 Å². The first-order chi connectivity index (χ1) is 9.13. The number of nitrogens with zero attached hydrogens (tertiary/aromatic N) is 1. The summed E-state index contributed by atoms with van der Waals surface area (Å²) in [5.41, 5.74) is 1.09. The summed E-state index contributed by atoms with van der Waals surface area (Å²) < 4.78 is 5.58. The summed E-state index contributed by atoms with van der Waals surface area (Å²) in [6.45, 7) is 0.969. The summed E-state index contributed by atoms with van der Waals surface area (Å²) in [5.74, 6) is 1.34. The molecule has 0 unspecified atom stereocenters. The number of hydrogen-bond acceptors (Lipinski definition) is 3. The molecule has 0 spiro atoms. The van der Waals surface area contributed by atoms with Crippen LogP contribution in [0.25, 0.3) is 0 Å². The lowest BCUT2D eigenvalue weighted by molar-refractivity contribution is -0.121. The Balaban J connectivity index is 2.26. The Labute approximate surface area is 119 Å². The molecule has 0 aliphatic rings. The number of rotatable bonds is 8. The van der Waals surface area contributed by atoms with E-state index in [2.05, 4.69) is 5.32 Å². The largest absolute Gasteiger partial charge is 0.492 e. The molecule has 0 radical (unpaired) electrons. The fraction of sp³-hybridized carbons (Fsp3) is 0.500. The van der Waals surface area contributed by atoms with Crippen LogP contribution in [0.3, 0.4) is 0 Å². The molecule has 19 heavy (non-hydrogen) atoms. The van der Waals surface area contributed by atoms with Gasteiger partial charge in [-0.25, -0.2) is 0 Å². The molecule has 1 rings (SSSR count). The Bertz CT molecular complexity index is 397. The van der Waals surface area contributed by atoms with Crippen molar-refractivity contribution in [3.8, 4) is 5.75 Å². The third kappa shape index (κ3) is 6.34. The summed E-state index contributed by atoms with van der Waals surface area (Å²) in [4.78, 5) is 13.3. The second kappa shape index (κ2) is 8.64.